The van der Waals surface area contributed by atoms with Crippen LogP contribution in [-0.2, 0) is 4.79 Å². The quantitative estimate of drug-likeness (QED) is 0.716. The topological polar surface area (TPSA) is 58.4 Å². The van der Waals surface area contributed by atoms with E-state index in [0.717, 1.165) is 26.2 Å². The molecular formula is C12H25N3O. The van der Waals surface area contributed by atoms with Gasteiger partial charge in [-0.3, -0.25) is 4.79 Å². The van der Waals surface area contributed by atoms with Crippen molar-refractivity contribution in [1.29, 1.82) is 0 Å². The lowest BCUT2D eigenvalue weighted by molar-refractivity contribution is -0.129. The molecule has 1 saturated heterocycles. The van der Waals surface area contributed by atoms with E-state index in [4.69, 9.17) is 5.73 Å². The first-order valence-electron chi connectivity index (χ1n) is 6.20. The molecule has 0 bridgehead atoms. The SMILES string of the molecule is CCN1CCC(CNC(=O)C(C)(C)CN)C1. The molecule has 1 fully saturated rings. The maximum absolute atomic E-state index is 11.8. The van der Waals surface area contributed by atoms with Gasteiger partial charge in [-0.15, -0.1) is 0 Å². The lowest BCUT2D eigenvalue weighted by Crippen LogP contribution is -2.43. The average molecular weight is 227 g/mol. The number of likely N-dealkylation sites (tertiary alicyclic amines) is 1. The second-order valence-electron chi connectivity index (χ2n) is 5.35. The molecule has 0 aromatic heterocycles. The molecule has 1 aliphatic rings. The number of nitrogens with one attached hydrogen (secondary N) is 1. The predicted molar refractivity (Wildman–Crippen MR) is 66.1 cm³/mol. The van der Waals surface area contributed by atoms with E-state index in [1.54, 1.807) is 0 Å². The van der Waals surface area contributed by atoms with E-state index >= 15 is 0 Å². The second kappa shape index (κ2) is 5.64. The number of amides is 1. The molecule has 1 rings (SSSR count). The smallest absolute Gasteiger partial charge is 0.226 e. The van der Waals surface area contributed by atoms with Gasteiger partial charge in [-0.25, -0.2) is 0 Å². The van der Waals surface area contributed by atoms with Gasteiger partial charge >= 0.3 is 0 Å². The number of nitrogens with zero attached hydrogens (tertiary/aromatic N) is 1. The predicted octanol–water partition coefficient (Wildman–Crippen LogP) is 0.429. The molecule has 1 amide bonds. The first-order chi connectivity index (χ1) is 7.49. The Morgan fingerprint density at radius 3 is 2.75 bits per heavy atom. The molecule has 0 spiro atoms. The van der Waals surface area contributed by atoms with Crippen LogP contribution in [0.3, 0.4) is 0 Å². The van der Waals surface area contributed by atoms with Gasteiger partial charge in [0.2, 0.25) is 5.91 Å². The number of carbonyl (C=O) groups is 1. The summed E-state index contributed by atoms with van der Waals surface area (Å²) in [6.45, 7) is 10.5. The number of nitrogens with two attached hydrogens (primary N) is 1. The minimum Gasteiger partial charge on any atom is -0.355 e. The van der Waals surface area contributed by atoms with Crippen molar-refractivity contribution in [1.82, 2.24) is 10.2 Å². The van der Waals surface area contributed by atoms with Gasteiger partial charge in [0.15, 0.2) is 0 Å². The fraction of sp³-hybridized carbons (Fsp3) is 0.917. The lowest BCUT2D eigenvalue weighted by atomic mass is 9.92. The van der Waals surface area contributed by atoms with Crippen LogP contribution in [0.25, 0.3) is 0 Å². The number of hydrogen-bond donors (Lipinski definition) is 2. The summed E-state index contributed by atoms with van der Waals surface area (Å²) in [5.41, 5.74) is 5.12. The van der Waals surface area contributed by atoms with Crippen molar-refractivity contribution >= 4 is 5.91 Å². The van der Waals surface area contributed by atoms with Gasteiger partial charge in [0, 0.05) is 19.6 Å². The summed E-state index contributed by atoms with van der Waals surface area (Å²) in [6.07, 6.45) is 1.19. The van der Waals surface area contributed by atoms with Crippen molar-refractivity contribution in [3.05, 3.63) is 0 Å². The van der Waals surface area contributed by atoms with E-state index in [0.29, 0.717) is 12.5 Å². The summed E-state index contributed by atoms with van der Waals surface area (Å²) < 4.78 is 0. The third kappa shape index (κ3) is 3.46. The Hall–Kier alpha value is -0.610. The second-order valence-corrected chi connectivity index (χ2v) is 5.35. The highest BCUT2D eigenvalue weighted by Crippen LogP contribution is 2.16. The molecule has 4 heteroatoms. The minimum absolute atomic E-state index is 0.0740. The highest BCUT2D eigenvalue weighted by atomic mass is 16.2. The summed E-state index contributed by atoms with van der Waals surface area (Å²) in [5, 5.41) is 3.01. The Balaban J connectivity index is 2.28. The summed E-state index contributed by atoms with van der Waals surface area (Å²) in [7, 11) is 0. The highest BCUT2D eigenvalue weighted by molar-refractivity contribution is 5.82. The van der Waals surface area contributed by atoms with Gasteiger partial charge < -0.3 is 16.0 Å². The van der Waals surface area contributed by atoms with E-state index < -0.39 is 5.41 Å². The van der Waals surface area contributed by atoms with Crippen LogP contribution in [0.2, 0.25) is 0 Å². The molecule has 16 heavy (non-hydrogen) atoms. The average Bonchev–Trinajstić information content (AvgIpc) is 2.73. The maximum Gasteiger partial charge on any atom is 0.226 e. The maximum atomic E-state index is 11.8. The molecule has 0 aromatic carbocycles. The van der Waals surface area contributed by atoms with Crippen LogP contribution in [0.4, 0.5) is 0 Å². The fourth-order valence-electron chi connectivity index (χ4n) is 1.94. The largest absolute Gasteiger partial charge is 0.355 e. The molecule has 4 nitrogen and oxygen atoms in total. The molecule has 1 heterocycles. The van der Waals surface area contributed by atoms with Crippen LogP contribution < -0.4 is 11.1 Å². The first-order valence-corrected chi connectivity index (χ1v) is 6.20. The molecule has 0 saturated carbocycles. The van der Waals surface area contributed by atoms with Crippen LogP contribution >= 0.6 is 0 Å². The van der Waals surface area contributed by atoms with Gasteiger partial charge in [0.05, 0.1) is 5.41 Å². The van der Waals surface area contributed by atoms with Gasteiger partial charge in [0.25, 0.3) is 0 Å². The van der Waals surface area contributed by atoms with Crippen LogP contribution in [0.15, 0.2) is 0 Å². The molecule has 1 aliphatic heterocycles. The zero-order chi connectivity index (χ0) is 12.2. The standard InChI is InChI=1S/C12H25N3O/c1-4-15-6-5-10(8-15)7-14-11(16)12(2,3)9-13/h10H,4-9,13H2,1-3H3,(H,14,16). The van der Waals surface area contributed by atoms with Crippen LogP contribution in [0.1, 0.15) is 27.2 Å². The Morgan fingerprint density at radius 2 is 2.25 bits per heavy atom. The van der Waals surface area contributed by atoms with Gasteiger partial charge in [-0.1, -0.05) is 6.92 Å². The molecular weight excluding hydrogens is 202 g/mol. The van der Waals surface area contributed by atoms with Crippen molar-refractivity contribution in [2.24, 2.45) is 17.1 Å². The molecule has 0 radical (unpaired) electrons. The molecule has 1 unspecified atom stereocenters. The van der Waals surface area contributed by atoms with Crippen molar-refractivity contribution in [2.45, 2.75) is 27.2 Å². The van der Waals surface area contributed by atoms with E-state index in [9.17, 15) is 4.79 Å². The normalized spacial score (nSPS) is 22.4. The van der Waals surface area contributed by atoms with E-state index in [-0.39, 0.29) is 5.91 Å². The van der Waals surface area contributed by atoms with E-state index in [1.807, 2.05) is 13.8 Å². The van der Waals surface area contributed by atoms with Crippen molar-refractivity contribution in [3.63, 3.8) is 0 Å². The summed E-state index contributed by atoms with van der Waals surface area (Å²) in [5.74, 6) is 0.683. The lowest BCUT2D eigenvalue weighted by Gasteiger charge is -2.22. The van der Waals surface area contributed by atoms with Gasteiger partial charge in [0.1, 0.15) is 0 Å². The Labute approximate surface area is 98.6 Å². The molecule has 0 aliphatic carbocycles. The molecule has 3 N–H and O–H groups in total. The molecule has 1 atom stereocenters. The number of carbonyl (C=O) groups excluding carboxylic acids is 1. The van der Waals surface area contributed by atoms with Gasteiger partial charge in [-0.2, -0.15) is 0 Å². The Kier molecular flexibility index (Phi) is 4.74. The monoisotopic (exact) mass is 227 g/mol. The number of rotatable bonds is 5. The fourth-order valence-corrected chi connectivity index (χ4v) is 1.94. The summed E-state index contributed by atoms with van der Waals surface area (Å²) in [6, 6.07) is 0. The molecule has 0 aromatic rings. The van der Waals surface area contributed by atoms with Crippen molar-refractivity contribution in [3.8, 4) is 0 Å². The molecule has 94 valence electrons. The van der Waals surface area contributed by atoms with E-state index in [2.05, 4.69) is 17.1 Å². The summed E-state index contributed by atoms with van der Waals surface area (Å²) >= 11 is 0. The van der Waals surface area contributed by atoms with Gasteiger partial charge in [-0.05, 0) is 39.3 Å². The van der Waals surface area contributed by atoms with Crippen LogP contribution in [0, 0.1) is 11.3 Å². The van der Waals surface area contributed by atoms with Crippen LogP contribution in [-0.4, -0.2) is 43.5 Å². The summed E-state index contributed by atoms with van der Waals surface area (Å²) in [4.78, 5) is 14.2. The third-order valence-electron chi connectivity index (χ3n) is 3.49. The van der Waals surface area contributed by atoms with E-state index in [1.165, 1.54) is 6.42 Å². The Bertz CT molecular complexity index is 240. The zero-order valence-corrected chi connectivity index (χ0v) is 10.8. The third-order valence-corrected chi connectivity index (χ3v) is 3.49. The van der Waals surface area contributed by atoms with Crippen LogP contribution in [0.5, 0.6) is 0 Å². The highest BCUT2D eigenvalue weighted by Gasteiger charge is 2.27. The number of hydrogen-bond acceptors (Lipinski definition) is 3. The zero-order valence-electron chi connectivity index (χ0n) is 10.8. The van der Waals surface area contributed by atoms with Crippen molar-refractivity contribution in [2.75, 3.05) is 32.7 Å². The first kappa shape index (κ1) is 13.5. The Morgan fingerprint density at radius 1 is 1.56 bits per heavy atom. The minimum atomic E-state index is -0.441. The van der Waals surface area contributed by atoms with Crippen molar-refractivity contribution < 1.29 is 4.79 Å².